The molecule has 0 aromatic carbocycles. The largest absolute Gasteiger partial charge is 1.00 e. The third kappa shape index (κ3) is 23.0. The molecule has 1 fully saturated rings. The zero-order valence-corrected chi connectivity index (χ0v) is 31.7. The van der Waals surface area contributed by atoms with Gasteiger partial charge in [-0.2, -0.15) is 0 Å². The fourth-order valence-corrected chi connectivity index (χ4v) is 5.51. The summed E-state index contributed by atoms with van der Waals surface area (Å²) in [5, 5.41) is 24.0. The normalized spacial score (nSPS) is 22.2. The average Bonchev–Trinajstić information content (AvgIpc) is 2.96. The summed E-state index contributed by atoms with van der Waals surface area (Å²) >= 11 is 0. The topological polar surface area (TPSA) is 154 Å². The monoisotopic (exact) mass is 673 g/mol. The first-order valence-electron chi connectivity index (χ1n) is 16.9. The first kappa shape index (κ1) is 44.6. The van der Waals surface area contributed by atoms with Crippen molar-refractivity contribution in [3.63, 3.8) is 0 Å². The van der Waals surface area contributed by atoms with Crippen molar-refractivity contribution in [2.75, 3.05) is 13.2 Å². The number of allylic oxidation sites excluding steroid dienone is 2. The van der Waals surface area contributed by atoms with E-state index >= 15 is 0 Å². The molecule has 10 nitrogen and oxygen atoms in total. The Morgan fingerprint density at radius 3 is 1.84 bits per heavy atom. The number of aliphatic hydroxyl groups is 2. The van der Waals surface area contributed by atoms with Crippen molar-refractivity contribution in [1.82, 2.24) is 5.32 Å². The van der Waals surface area contributed by atoms with Crippen molar-refractivity contribution < 1.29 is 93.0 Å². The van der Waals surface area contributed by atoms with E-state index in [2.05, 4.69) is 35.5 Å². The van der Waals surface area contributed by atoms with Gasteiger partial charge in [0, 0.05) is 13.0 Å². The number of nitrogens with one attached hydrogen (secondary N) is 1. The molecule has 12 heteroatoms. The first-order chi connectivity index (χ1) is 20.7. The van der Waals surface area contributed by atoms with E-state index in [0.717, 1.165) is 64.2 Å². The molecule has 254 valence electrons. The molecule has 3 N–H and O–H groups in total. The van der Waals surface area contributed by atoms with Gasteiger partial charge in [0.1, 0.15) is 24.4 Å². The van der Waals surface area contributed by atoms with Gasteiger partial charge in [-0.05, 0) is 38.5 Å². The van der Waals surface area contributed by atoms with Crippen LogP contribution in [0.1, 0.15) is 142 Å². The number of carbonyl (C=O) groups excluding carboxylic acids is 1. The summed E-state index contributed by atoms with van der Waals surface area (Å²) in [6.45, 7) is 3.92. The Balaban J connectivity index is 0.0000185. The molecule has 0 spiro atoms. The molecule has 1 saturated heterocycles. The number of aliphatic hydroxyl groups excluding tert-OH is 2. The summed E-state index contributed by atoms with van der Waals surface area (Å²) in [6, 6.07) is -1.05. The van der Waals surface area contributed by atoms with E-state index in [1.54, 1.807) is 0 Å². The van der Waals surface area contributed by atoms with Crippen LogP contribution >= 0.6 is 0 Å². The number of rotatable bonds is 27. The van der Waals surface area contributed by atoms with Crippen molar-refractivity contribution >= 4 is 16.3 Å². The second kappa shape index (κ2) is 28.6. The molecule has 1 rings (SSSR count). The molecule has 0 aromatic heterocycles. The number of hydrogen-bond donors (Lipinski definition) is 3. The van der Waals surface area contributed by atoms with E-state index < -0.39 is 47.6 Å². The number of carbonyl (C=O) groups is 1. The van der Waals surface area contributed by atoms with Crippen LogP contribution in [0.5, 0.6) is 0 Å². The molecule has 0 saturated carbocycles. The zero-order valence-electron chi connectivity index (χ0n) is 27.8. The molecule has 0 aromatic rings. The molecule has 1 amide bonds. The molecular formula is C32H60KNO9S. The van der Waals surface area contributed by atoms with Crippen LogP contribution in [0, 0.1) is 0 Å². The maximum atomic E-state index is 12.7. The van der Waals surface area contributed by atoms with Crippen LogP contribution in [0.25, 0.3) is 0 Å². The molecule has 0 unspecified atom stereocenters. The summed E-state index contributed by atoms with van der Waals surface area (Å²) in [5.41, 5.74) is 0. The fraction of sp³-hybridized carbons (Fsp3) is 0.906. The molecule has 0 bridgehead atoms. The van der Waals surface area contributed by atoms with Gasteiger partial charge in [0.2, 0.25) is 16.3 Å². The van der Waals surface area contributed by atoms with Gasteiger partial charge in [0.25, 0.3) is 0 Å². The maximum Gasteiger partial charge on any atom is 1.00 e. The SMILES string of the molecule is CCCCCCCC/C=C\CCCCCCCC(=O)N[C@H]1[C@@H](OCCCCCCCC)O[C@H](COS(=O)(=O)[O-])[C@@H](O)[C@@H]1O.[K+]. The Bertz CT molecular complexity index is 831. The Kier molecular flexibility index (Phi) is 28.9. The Hall–Kier alpha value is 0.556. The second-order valence-corrected chi connectivity index (χ2v) is 12.8. The van der Waals surface area contributed by atoms with E-state index in [1.807, 2.05) is 0 Å². The molecule has 1 heterocycles. The van der Waals surface area contributed by atoms with Gasteiger partial charge in [-0.15, -0.1) is 0 Å². The van der Waals surface area contributed by atoms with Crippen LogP contribution in [0.2, 0.25) is 0 Å². The van der Waals surface area contributed by atoms with Crippen molar-refractivity contribution in [3.8, 4) is 0 Å². The van der Waals surface area contributed by atoms with Crippen molar-refractivity contribution in [1.29, 1.82) is 0 Å². The molecule has 0 radical (unpaired) electrons. The van der Waals surface area contributed by atoms with Crippen LogP contribution < -0.4 is 56.7 Å². The van der Waals surface area contributed by atoms with E-state index in [0.29, 0.717) is 13.0 Å². The minimum absolute atomic E-state index is 0. The maximum absolute atomic E-state index is 12.7. The Morgan fingerprint density at radius 1 is 0.795 bits per heavy atom. The number of amides is 1. The summed E-state index contributed by atoms with van der Waals surface area (Å²) in [4.78, 5) is 12.7. The third-order valence-electron chi connectivity index (χ3n) is 7.85. The van der Waals surface area contributed by atoms with Gasteiger partial charge >= 0.3 is 51.4 Å². The number of ether oxygens (including phenoxy) is 2. The Morgan fingerprint density at radius 2 is 1.30 bits per heavy atom. The van der Waals surface area contributed by atoms with Crippen molar-refractivity contribution in [2.24, 2.45) is 0 Å². The molecule has 5 atom stereocenters. The summed E-state index contributed by atoms with van der Waals surface area (Å²) in [5.74, 6) is -0.289. The van der Waals surface area contributed by atoms with Gasteiger partial charge in [0.05, 0.1) is 6.61 Å². The smallest absolute Gasteiger partial charge is 0.726 e. The minimum Gasteiger partial charge on any atom is -0.726 e. The van der Waals surface area contributed by atoms with Crippen molar-refractivity contribution in [2.45, 2.75) is 173 Å². The molecule has 1 aliphatic heterocycles. The van der Waals surface area contributed by atoms with Crippen LogP contribution in [0.4, 0.5) is 0 Å². The van der Waals surface area contributed by atoms with Crippen LogP contribution in [0.15, 0.2) is 12.2 Å². The van der Waals surface area contributed by atoms with E-state index in [1.165, 1.54) is 51.4 Å². The van der Waals surface area contributed by atoms with Gasteiger partial charge in [-0.25, -0.2) is 8.42 Å². The number of hydrogen-bond acceptors (Lipinski definition) is 9. The molecule has 1 aliphatic rings. The summed E-state index contributed by atoms with van der Waals surface area (Å²) in [7, 11) is -5.01. The van der Waals surface area contributed by atoms with E-state index in [-0.39, 0.29) is 63.7 Å². The van der Waals surface area contributed by atoms with Crippen LogP contribution in [-0.4, -0.2) is 72.9 Å². The van der Waals surface area contributed by atoms with Gasteiger partial charge in [-0.3, -0.25) is 8.98 Å². The van der Waals surface area contributed by atoms with Crippen LogP contribution in [0.3, 0.4) is 0 Å². The quantitative estimate of drug-likeness (QED) is 0.0393. The van der Waals surface area contributed by atoms with Crippen LogP contribution in [-0.2, 0) is 28.9 Å². The predicted molar refractivity (Wildman–Crippen MR) is 167 cm³/mol. The van der Waals surface area contributed by atoms with Gasteiger partial charge < -0.3 is 29.6 Å². The summed E-state index contributed by atoms with van der Waals surface area (Å²) < 4.78 is 48.4. The standard InChI is InChI=1S/C32H61NO9S.K/c1-3-5-7-9-11-12-13-14-15-16-17-18-19-20-22-24-28(34)33-29-31(36)30(35)27(26-41-43(37,38)39)42-32(29)40-25-23-21-10-8-6-4-2;/h14-15,27,29-32,35-36H,3-13,16-26H2,1-2H3,(H,33,34)(H,37,38,39);/q;+1/p-1/b15-14-;/t27-,29-,30-,31-,32+;/m1./s1. The summed E-state index contributed by atoms with van der Waals surface area (Å²) in [6.07, 6.45) is 20.6. The molecule has 0 aliphatic carbocycles. The second-order valence-electron chi connectivity index (χ2n) is 11.8. The zero-order chi connectivity index (χ0) is 31.8. The first-order valence-corrected chi connectivity index (χ1v) is 18.2. The number of unbranched alkanes of at least 4 members (excludes halogenated alkanes) is 16. The third-order valence-corrected chi connectivity index (χ3v) is 8.28. The molecular weight excluding hydrogens is 614 g/mol. The molecule has 44 heavy (non-hydrogen) atoms. The predicted octanol–water partition coefficient (Wildman–Crippen LogP) is 2.81. The minimum atomic E-state index is -5.01. The average molecular weight is 674 g/mol. The Labute approximate surface area is 310 Å². The van der Waals surface area contributed by atoms with Gasteiger partial charge in [0.15, 0.2) is 6.29 Å². The van der Waals surface area contributed by atoms with Gasteiger partial charge in [-0.1, -0.05) is 109 Å². The van der Waals surface area contributed by atoms with Crippen molar-refractivity contribution in [3.05, 3.63) is 12.2 Å². The van der Waals surface area contributed by atoms with E-state index in [9.17, 15) is 28.0 Å². The fourth-order valence-electron chi connectivity index (χ4n) is 5.21. The van der Waals surface area contributed by atoms with E-state index in [4.69, 9.17) is 9.47 Å².